The SMILES string of the molecule is Cl.Cl.O=C(NC1CCNC1)c1csc(-c2ccc3c(c2)OCO3)n1. The van der Waals surface area contributed by atoms with E-state index in [4.69, 9.17) is 9.47 Å². The van der Waals surface area contributed by atoms with Crippen LogP contribution < -0.4 is 20.1 Å². The zero-order chi connectivity index (χ0) is 14.9. The van der Waals surface area contributed by atoms with E-state index in [1.807, 2.05) is 18.2 Å². The number of amides is 1. The summed E-state index contributed by atoms with van der Waals surface area (Å²) in [6.45, 7) is 2.02. The molecular weight excluding hydrogens is 373 g/mol. The fourth-order valence-electron chi connectivity index (χ4n) is 2.58. The maximum atomic E-state index is 12.2. The largest absolute Gasteiger partial charge is 0.454 e. The average Bonchev–Trinajstić information content (AvgIpc) is 3.27. The molecule has 130 valence electrons. The summed E-state index contributed by atoms with van der Waals surface area (Å²) in [5, 5.41) is 8.81. The van der Waals surface area contributed by atoms with Gasteiger partial charge in [-0.1, -0.05) is 0 Å². The standard InChI is InChI=1S/C15H15N3O3S.2ClH/c19-14(17-10-3-4-16-6-10)11-7-22-15(18-11)9-1-2-12-13(5-9)21-8-20-12;;/h1-2,5,7,10,16H,3-4,6,8H2,(H,17,19);2*1H. The van der Waals surface area contributed by atoms with Gasteiger partial charge in [0.15, 0.2) is 11.5 Å². The van der Waals surface area contributed by atoms with Crippen LogP contribution in [-0.4, -0.2) is 36.8 Å². The lowest BCUT2D eigenvalue weighted by Gasteiger charge is -2.09. The molecular formula is C15H17Cl2N3O3S. The first kappa shape index (κ1) is 18.8. The number of nitrogens with one attached hydrogen (secondary N) is 2. The average molecular weight is 390 g/mol. The van der Waals surface area contributed by atoms with Gasteiger partial charge in [-0.3, -0.25) is 4.79 Å². The Hall–Kier alpha value is -1.54. The van der Waals surface area contributed by atoms with E-state index in [9.17, 15) is 4.79 Å². The van der Waals surface area contributed by atoms with E-state index in [1.165, 1.54) is 11.3 Å². The quantitative estimate of drug-likeness (QED) is 0.843. The molecule has 1 saturated heterocycles. The number of aromatic nitrogens is 1. The molecule has 1 unspecified atom stereocenters. The minimum absolute atomic E-state index is 0. The van der Waals surface area contributed by atoms with Gasteiger partial charge < -0.3 is 20.1 Å². The fraction of sp³-hybridized carbons (Fsp3) is 0.333. The highest BCUT2D eigenvalue weighted by molar-refractivity contribution is 7.13. The Labute approximate surface area is 155 Å². The molecule has 0 spiro atoms. The molecule has 6 nitrogen and oxygen atoms in total. The van der Waals surface area contributed by atoms with E-state index in [-0.39, 0.29) is 43.6 Å². The molecule has 0 bridgehead atoms. The zero-order valence-corrected chi connectivity index (χ0v) is 15.1. The van der Waals surface area contributed by atoms with Crippen molar-refractivity contribution >= 4 is 42.1 Å². The molecule has 24 heavy (non-hydrogen) atoms. The Morgan fingerprint density at radius 2 is 2.12 bits per heavy atom. The van der Waals surface area contributed by atoms with Crippen molar-refractivity contribution in [2.45, 2.75) is 12.5 Å². The number of hydrogen-bond donors (Lipinski definition) is 2. The van der Waals surface area contributed by atoms with Crippen LogP contribution in [-0.2, 0) is 0 Å². The van der Waals surface area contributed by atoms with Crippen LogP contribution in [0.25, 0.3) is 10.6 Å². The molecule has 1 fully saturated rings. The van der Waals surface area contributed by atoms with Crippen molar-refractivity contribution in [3.8, 4) is 22.1 Å². The first-order valence-corrected chi connectivity index (χ1v) is 8.05. The summed E-state index contributed by atoms with van der Waals surface area (Å²) in [6.07, 6.45) is 0.963. The van der Waals surface area contributed by atoms with Gasteiger partial charge in [-0.05, 0) is 31.2 Å². The van der Waals surface area contributed by atoms with E-state index in [1.54, 1.807) is 5.38 Å². The molecule has 0 aliphatic carbocycles. The van der Waals surface area contributed by atoms with Crippen LogP contribution in [0.2, 0.25) is 0 Å². The Kier molecular flexibility index (Phi) is 6.28. The highest BCUT2D eigenvalue weighted by Gasteiger charge is 2.20. The summed E-state index contributed by atoms with van der Waals surface area (Å²) in [7, 11) is 0. The Morgan fingerprint density at radius 1 is 1.29 bits per heavy atom. The second kappa shape index (κ2) is 8.02. The number of hydrogen-bond acceptors (Lipinski definition) is 6. The molecule has 2 aliphatic rings. The summed E-state index contributed by atoms with van der Waals surface area (Å²) in [6, 6.07) is 5.88. The minimum Gasteiger partial charge on any atom is -0.454 e. The third-order valence-electron chi connectivity index (χ3n) is 3.75. The van der Waals surface area contributed by atoms with Crippen LogP contribution in [0.1, 0.15) is 16.9 Å². The summed E-state index contributed by atoms with van der Waals surface area (Å²) in [5.41, 5.74) is 1.39. The number of benzene rings is 1. The predicted molar refractivity (Wildman–Crippen MR) is 96.9 cm³/mol. The van der Waals surface area contributed by atoms with E-state index < -0.39 is 0 Å². The van der Waals surface area contributed by atoms with Crippen molar-refractivity contribution in [1.29, 1.82) is 0 Å². The number of thiazole rings is 1. The molecule has 4 rings (SSSR count). The fourth-order valence-corrected chi connectivity index (χ4v) is 3.37. The van der Waals surface area contributed by atoms with Crippen molar-refractivity contribution in [1.82, 2.24) is 15.6 Å². The molecule has 2 aliphatic heterocycles. The topological polar surface area (TPSA) is 72.5 Å². The van der Waals surface area contributed by atoms with Crippen molar-refractivity contribution < 1.29 is 14.3 Å². The smallest absolute Gasteiger partial charge is 0.271 e. The van der Waals surface area contributed by atoms with Crippen LogP contribution >= 0.6 is 36.2 Å². The molecule has 0 saturated carbocycles. The molecule has 1 amide bonds. The number of carbonyl (C=O) groups excluding carboxylic acids is 1. The van der Waals surface area contributed by atoms with Gasteiger partial charge >= 0.3 is 0 Å². The second-order valence-electron chi connectivity index (χ2n) is 5.27. The van der Waals surface area contributed by atoms with Gasteiger partial charge in [0.25, 0.3) is 5.91 Å². The van der Waals surface area contributed by atoms with Crippen molar-refractivity contribution in [3.05, 3.63) is 29.3 Å². The van der Waals surface area contributed by atoms with Crippen LogP contribution in [0.4, 0.5) is 0 Å². The number of fused-ring (bicyclic) bond motifs is 1. The molecule has 1 aromatic carbocycles. The van der Waals surface area contributed by atoms with Gasteiger partial charge in [0.05, 0.1) is 0 Å². The first-order valence-electron chi connectivity index (χ1n) is 7.17. The van der Waals surface area contributed by atoms with Crippen molar-refractivity contribution in [2.75, 3.05) is 19.9 Å². The molecule has 1 atom stereocenters. The van der Waals surface area contributed by atoms with Gasteiger partial charge in [0, 0.05) is 23.5 Å². The summed E-state index contributed by atoms with van der Waals surface area (Å²) in [4.78, 5) is 16.6. The van der Waals surface area contributed by atoms with Crippen LogP contribution in [0.5, 0.6) is 11.5 Å². The minimum atomic E-state index is -0.114. The van der Waals surface area contributed by atoms with Gasteiger partial charge in [0.1, 0.15) is 10.7 Å². The van der Waals surface area contributed by atoms with Gasteiger partial charge in [0.2, 0.25) is 6.79 Å². The van der Waals surface area contributed by atoms with E-state index in [0.29, 0.717) is 5.69 Å². The third kappa shape index (κ3) is 3.75. The molecule has 1 aromatic heterocycles. The summed E-state index contributed by atoms with van der Waals surface area (Å²) in [5.74, 6) is 1.35. The summed E-state index contributed by atoms with van der Waals surface area (Å²) >= 11 is 1.45. The van der Waals surface area contributed by atoms with E-state index >= 15 is 0 Å². The Morgan fingerprint density at radius 3 is 2.92 bits per heavy atom. The van der Waals surface area contributed by atoms with Gasteiger partial charge in [-0.15, -0.1) is 36.2 Å². The van der Waals surface area contributed by atoms with E-state index in [2.05, 4.69) is 15.6 Å². The lowest BCUT2D eigenvalue weighted by atomic mass is 10.2. The zero-order valence-electron chi connectivity index (χ0n) is 12.6. The molecule has 2 N–H and O–H groups in total. The molecule has 3 heterocycles. The van der Waals surface area contributed by atoms with E-state index in [0.717, 1.165) is 41.6 Å². The molecule has 2 aromatic rings. The third-order valence-corrected chi connectivity index (χ3v) is 4.64. The van der Waals surface area contributed by atoms with Gasteiger partial charge in [-0.2, -0.15) is 0 Å². The Balaban J connectivity index is 0.00000104. The Bertz CT molecular complexity index is 720. The highest BCUT2D eigenvalue weighted by Crippen LogP contribution is 2.36. The van der Waals surface area contributed by atoms with Gasteiger partial charge in [-0.25, -0.2) is 4.98 Å². The number of ether oxygens (including phenoxy) is 2. The normalized spacial score (nSPS) is 17.8. The van der Waals surface area contributed by atoms with Crippen LogP contribution in [0, 0.1) is 0 Å². The number of nitrogens with zero attached hydrogens (tertiary/aromatic N) is 1. The maximum absolute atomic E-state index is 12.2. The molecule has 0 radical (unpaired) electrons. The monoisotopic (exact) mass is 389 g/mol. The number of halogens is 2. The lowest BCUT2D eigenvalue weighted by Crippen LogP contribution is -2.36. The first-order chi connectivity index (χ1) is 10.8. The highest BCUT2D eigenvalue weighted by atomic mass is 35.5. The van der Waals surface area contributed by atoms with Crippen LogP contribution in [0.15, 0.2) is 23.6 Å². The van der Waals surface area contributed by atoms with Crippen LogP contribution in [0.3, 0.4) is 0 Å². The number of carbonyl (C=O) groups is 1. The molecule has 9 heteroatoms. The number of rotatable bonds is 3. The second-order valence-corrected chi connectivity index (χ2v) is 6.13. The van der Waals surface area contributed by atoms with Crippen molar-refractivity contribution in [2.24, 2.45) is 0 Å². The summed E-state index contributed by atoms with van der Waals surface area (Å²) < 4.78 is 10.7. The predicted octanol–water partition coefficient (Wildman–Crippen LogP) is 2.47. The van der Waals surface area contributed by atoms with Crippen molar-refractivity contribution in [3.63, 3.8) is 0 Å². The maximum Gasteiger partial charge on any atom is 0.271 e. The lowest BCUT2D eigenvalue weighted by molar-refractivity contribution is 0.0936.